The minimum Gasteiger partial charge on any atom is -0.398 e. The summed E-state index contributed by atoms with van der Waals surface area (Å²) in [5.74, 6) is 0. The zero-order chi connectivity index (χ0) is 14.0. The summed E-state index contributed by atoms with van der Waals surface area (Å²) in [4.78, 5) is 4.23. The highest BCUT2D eigenvalue weighted by atomic mass is 32.2. The molecule has 0 aliphatic heterocycles. The first-order chi connectivity index (χ1) is 9.74. The van der Waals surface area contributed by atoms with Gasteiger partial charge >= 0.3 is 0 Å². The molecule has 1 heterocycles. The Morgan fingerprint density at radius 3 is 2.80 bits per heavy atom. The zero-order valence-electron chi connectivity index (χ0n) is 11.9. The number of hydrogen-bond acceptors (Lipinski definition) is 4. The van der Waals surface area contributed by atoms with Gasteiger partial charge in [0.05, 0.1) is 0 Å². The highest BCUT2D eigenvalue weighted by Gasteiger charge is 2.32. The van der Waals surface area contributed by atoms with E-state index in [0.29, 0.717) is 4.75 Å². The molecule has 0 radical (unpaired) electrons. The minimum absolute atomic E-state index is 0.399. The van der Waals surface area contributed by atoms with Gasteiger partial charge < -0.3 is 11.1 Å². The Labute approximate surface area is 124 Å². The van der Waals surface area contributed by atoms with Crippen molar-refractivity contribution in [1.29, 1.82) is 0 Å². The third kappa shape index (κ3) is 2.44. The summed E-state index contributed by atoms with van der Waals surface area (Å²) < 4.78 is 0.399. The second kappa shape index (κ2) is 5.52. The van der Waals surface area contributed by atoms with Crippen molar-refractivity contribution in [2.75, 3.05) is 23.9 Å². The highest BCUT2D eigenvalue weighted by Crippen LogP contribution is 2.40. The normalized spacial score (nSPS) is 17.4. The van der Waals surface area contributed by atoms with Crippen LogP contribution in [0.25, 0.3) is 10.8 Å². The Kier molecular flexibility index (Phi) is 3.74. The number of nitrogens with two attached hydrogens (primary N) is 1. The summed E-state index contributed by atoms with van der Waals surface area (Å²) in [7, 11) is 0. The van der Waals surface area contributed by atoms with Crippen molar-refractivity contribution < 1.29 is 0 Å². The summed E-state index contributed by atoms with van der Waals surface area (Å²) in [6.45, 7) is 1.02. The molecule has 106 valence electrons. The standard InChI is InChI=1S/C16H21N3S/c1-20-16(7-2-3-8-16)11-19-15-5-4-14(17)12-6-9-18-10-13(12)15/h4-6,9-10,19H,2-3,7-8,11,17H2,1H3. The van der Waals surface area contributed by atoms with E-state index in [1.54, 1.807) is 6.20 Å². The summed E-state index contributed by atoms with van der Waals surface area (Å²) >= 11 is 2.00. The quantitative estimate of drug-likeness (QED) is 0.837. The molecule has 1 aliphatic carbocycles. The Bertz CT molecular complexity index is 606. The molecule has 1 saturated carbocycles. The predicted octanol–water partition coefficient (Wildman–Crippen LogP) is 3.90. The fourth-order valence-electron chi connectivity index (χ4n) is 3.10. The van der Waals surface area contributed by atoms with Crippen molar-refractivity contribution in [1.82, 2.24) is 4.98 Å². The largest absolute Gasteiger partial charge is 0.398 e. The third-order valence-corrected chi connectivity index (χ3v) is 5.82. The molecule has 0 atom stereocenters. The van der Waals surface area contributed by atoms with E-state index in [2.05, 4.69) is 22.6 Å². The van der Waals surface area contributed by atoms with E-state index in [9.17, 15) is 0 Å². The fourth-order valence-corrected chi connectivity index (χ4v) is 4.01. The van der Waals surface area contributed by atoms with E-state index in [1.165, 1.54) is 25.7 Å². The zero-order valence-corrected chi connectivity index (χ0v) is 12.7. The second-order valence-electron chi connectivity index (χ2n) is 5.57. The minimum atomic E-state index is 0.399. The highest BCUT2D eigenvalue weighted by molar-refractivity contribution is 8.00. The predicted molar refractivity (Wildman–Crippen MR) is 89.4 cm³/mol. The molecule has 3 nitrogen and oxygen atoms in total. The molecule has 1 aromatic heterocycles. The van der Waals surface area contributed by atoms with E-state index < -0.39 is 0 Å². The van der Waals surface area contributed by atoms with Crippen LogP contribution in [0, 0.1) is 0 Å². The number of anilines is 2. The second-order valence-corrected chi connectivity index (χ2v) is 6.85. The van der Waals surface area contributed by atoms with Crippen LogP contribution in [-0.2, 0) is 0 Å². The Morgan fingerprint density at radius 2 is 2.05 bits per heavy atom. The van der Waals surface area contributed by atoms with Crippen LogP contribution >= 0.6 is 11.8 Å². The van der Waals surface area contributed by atoms with Crippen molar-refractivity contribution in [2.45, 2.75) is 30.4 Å². The topological polar surface area (TPSA) is 50.9 Å². The Hall–Kier alpha value is -1.42. The van der Waals surface area contributed by atoms with E-state index in [0.717, 1.165) is 28.7 Å². The van der Waals surface area contributed by atoms with Crippen LogP contribution in [0.15, 0.2) is 30.6 Å². The van der Waals surface area contributed by atoms with Gasteiger partial charge in [-0.1, -0.05) is 12.8 Å². The van der Waals surface area contributed by atoms with Gasteiger partial charge in [0.15, 0.2) is 0 Å². The van der Waals surface area contributed by atoms with Crippen molar-refractivity contribution >= 4 is 33.9 Å². The summed E-state index contributed by atoms with van der Waals surface area (Å²) in [5.41, 5.74) is 7.99. The molecule has 0 saturated heterocycles. The molecule has 0 bridgehead atoms. The maximum absolute atomic E-state index is 6.04. The number of nitrogens with zero attached hydrogens (tertiary/aromatic N) is 1. The van der Waals surface area contributed by atoms with Crippen molar-refractivity contribution in [3.63, 3.8) is 0 Å². The van der Waals surface area contributed by atoms with Crippen molar-refractivity contribution in [2.24, 2.45) is 0 Å². The molecular weight excluding hydrogens is 266 g/mol. The van der Waals surface area contributed by atoms with Crippen LogP contribution in [0.3, 0.4) is 0 Å². The lowest BCUT2D eigenvalue weighted by molar-refractivity contribution is 0.640. The first-order valence-corrected chi connectivity index (χ1v) is 8.38. The number of nitrogen functional groups attached to an aromatic ring is 1. The molecule has 4 heteroatoms. The molecule has 1 fully saturated rings. The first kappa shape index (κ1) is 13.6. The van der Waals surface area contributed by atoms with Gasteiger partial charge in [-0.15, -0.1) is 0 Å². The number of fused-ring (bicyclic) bond motifs is 1. The van der Waals surface area contributed by atoms with Crippen LogP contribution in [0.5, 0.6) is 0 Å². The fraction of sp³-hybridized carbons (Fsp3) is 0.438. The Morgan fingerprint density at radius 1 is 1.25 bits per heavy atom. The number of benzene rings is 1. The number of nitrogens with one attached hydrogen (secondary N) is 1. The maximum Gasteiger partial charge on any atom is 0.0437 e. The van der Waals surface area contributed by atoms with Gasteiger partial charge in [0.2, 0.25) is 0 Å². The van der Waals surface area contributed by atoms with Gasteiger partial charge in [-0.25, -0.2) is 0 Å². The van der Waals surface area contributed by atoms with E-state index in [4.69, 9.17) is 5.73 Å². The van der Waals surface area contributed by atoms with Gasteiger partial charge in [0.1, 0.15) is 0 Å². The van der Waals surface area contributed by atoms with Crippen LogP contribution in [0.2, 0.25) is 0 Å². The molecule has 3 rings (SSSR count). The first-order valence-electron chi connectivity index (χ1n) is 7.15. The average molecular weight is 287 g/mol. The summed E-state index contributed by atoms with van der Waals surface area (Å²) in [6.07, 6.45) is 11.3. The molecule has 20 heavy (non-hydrogen) atoms. The smallest absolute Gasteiger partial charge is 0.0437 e. The van der Waals surface area contributed by atoms with Gasteiger partial charge in [0.25, 0.3) is 0 Å². The SMILES string of the molecule is CSC1(CNc2ccc(N)c3ccncc23)CCCC1. The molecule has 1 aromatic carbocycles. The molecule has 0 unspecified atom stereocenters. The van der Waals surface area contributed by atoms with Crippen molar-refractivity contribution in [3.05, 3.63) is 30.6 Å². The van der Waals surface area contributed by atoms with E-state index in [-0.39, 0.29) is 0 Å². The maximum atomic E-state index is 6.04. The van der Waals surface area contributed by atoms with Crippen LogP contribution in [-0.4, -0.2) is 22.5 Å². The lowest BCUT2D eigenvalue weighted by atomic mass is 10.1. The van der Waals surface area contributed by atoms with E-state index >= 15 is 0 Å². The summed E-state index contributed by atoms with van der Waals surface area (Å²) in [6, 6.07) is 6.03. The Balaban J connectivity index is 1.86. The van der Waals surface area contributed by atoms with Crippen LogP contribution in [0.1, 0.15) is 25.7 Å². The third-order valence-electron chi connectivity index (χ3n) is 4.40. The molecule has 2 aromatic rings. The van der Waals surface area contributed by atoms with E-state index in [1.807, 2.05) is 30.1 Å². The number of hydrogen-bond donors (Lipinski definition) is 2. The molecule has 0 spiro atoms. The lowest BCUT2D eigenvalue weighted by Crippen LogP contribution is -2.30. The van der Waals surface area contributed by atoms with Gasteiger partial charge in [0, 0.05) is 45.8 Å². The molecular formula is C16H21N3S. The average Bonchev–Trinajstić information content (AvgIpc) is 2.96. The molecule has 0 amide bonds. The van der Waals surface area contributed by atoms with Crippen LogP contribution < -0.4 is 11.1 Å². The lowest BCUT2D eigenvalue weighted by Gasteiger charge is -2.27. The van der Waals surface area contributed by atoms with Crippen molar-refractivity contribution in [3.8, 4) is 0 Å². The number of aromatic nitrogens is 1. The molecule has 1 aliphatic rings. The van der Waals surface area contributed by atoms with Gasteiger partial charge in [-0.05, 0) is 37.3 Å². The summed E-state index contributed by atoms with van der Waals surface area (Å²) in [5, 5.41) is 5.82. The van der Waals surface area contributed by atoms with Gasteiger partial charge in [-0.2, -0.15) is 11.8 Å². The monoisotopic (exact) mass is 287 g/mol. The van der Waals surface area contributed by atoms with Crippen LogP contribution in [0.4, 0.5) is 11.4 Å². The number of pyridine rings is 1. The van der Waals surface area contributed by atoms with Gasteiger partial charge in [-0.3, -0.25) is 4.98 Å². The number of thioether (sulfide) groups is 1. The molecule has 3 N–H and O–H groups in total. The number of rotatable bonds is 4.